The molecule has 8 heteroatoms. The van der Waals surface area contributed by atoms with Crippen molar-refractivity contribution < 1.29 is 18.8 Å². The maximum atomic E-state index is 13.4. The maximum Gasteiger partial charge on any atom is 0.292 e. The first-order valence-corrected chi connectivity index (χ1v) is 11.6. The van der Waals surface area contributed by atoms with Crippen LogP contribution in [0.5, 0.6) is 0 Å². The highest BCUT2D eigenvalue weighted by Crippen LogP contribution is 2.41. The van der Waals surface area contributed by atoms with E-state index in [9.17, 15) is 9.59 Å². The van der Waals surface area contributed by atoms with Crippen LogP contribution < -0.4 is 0 Å². The molecule has 31 heavy (non-hydrogen) atoms. The number of rotatable bonds is 4. The molecule has 2 aliphatic heterocycles. The number of aryl methyl sites for hydroxylation is 1. The van der Waals surface area contributed by atoms with Gasteiger partial charge in [0.2, 0.25) is 5.76 Å². The van der Waals surface area contributed by atoms with Crippen molar-refractivity contribution >= 4 is 33.2 Å². The number of hydrogen-bond acceptors (Lipinski definition) is 6. The lowest BCUT2D eigenvalue weighted by Crippen LogP contribution is -2.40. The molecule has 4 heterocycles. The van der Waals surface area contributed by atoms with Gasteiger partial charge in [-0.2, -0.15) is 0 Å². The average Bonchev–Trinajstić information content (AvgIpc) is 3.56. The van der Waals surface area contributed by atoms with E-state index >= 15 is 0 Å². The number of carbonyl (C=O) groups is 2. The van der Waals surface area contributed by atoms with E-state index in [0.717, 1.165) is 39.1 Å². The standard InChI is InChI=1S/C23H25N3O4S/c1-2-16-13-18(30-24-16)22(27)26-8-7-15(14-26)20-17-5-3-4-6-19(17)31-21(20)23(28)25-9-11-29-12-10-25/h3-6,13,15H,2,7-12,14H2,1H3/t15-/m0/s1. The zero-order chi connectivity index (χ0) is 21.4. The summed E-state index contributed by atoms with van der Waals surface area (Å²) in [6.45, 7) is 5.59. The lowest BCUT2D eigenvalue weighted by Gasteiger charge is -2.27. The molecule has 162 valence electrons. The molecule has 5 rings (SSSR count). The maximum absolute atomic E-state index is 13.4. The van der Waals surface area contributed by atoms with E-state index in [0.29, 0.717) is 39.4 Å². The molecule has 2 fully saturated rings. The molecule has 0 radical (unpaired) electrons. The molecule has 7 nitrogen and oxygen atoms in total. The number of hydrogen-bond donors (Lipinski definition) is 0. The molecule has 2 aliphatic rings. The summed E-state index contributed by atoms with van der Waals surface area (Å²) in [7, 11) is 0. The molecule has 2 saturated heterocycles. The quantitative estimate of drug-likeness (QED) is 0.621. The number of nitrogens with zero attached hydrogens (tertiary/aromatic N) is 3. The van der Waals surface area contributed by atoms with Crippen LogP contribution in [0.25, 0.3) is 10.1 Å². The minimum Gasteiger partial charge on any atom is -0.378 e. The van der Waals surface area contributed by atoms with Crippen LogP contribution in [0.1, 0.15) is 50.7 Å². The second-order valence-electron chi connectivity index (χ2n) is 8.02. The molecular weight excluding hydrogens is 414 g/mol. The van der Waals surface area contributed by atoms with E-state index in [-0.39, 0.29) is 23.5 Å². The first-order chi connectivity index (χ1) is 15.2. The minimum absolute atomic E-state index is 0.0760. The molecule has 0 bridgehead atoms. The van der Waals surface area contributed by atoms with Crippen molar-refractivity contribution in [3.63, 3.8) is 0 Å². The predicted molar refractivity (Wildman–Crippen MR) is 118 cm³/mol. The second-order valence-corrected chi connectivity index (χ2v) is 9.07. The van der Waals surface area contributed by atoms with Gasteiger partial charge in [0.05, 0.1) is 23.8 Å². The van der Waals surface area contributed by atoms with Crippen LogP contribution in [-0.4, -0.2) is 66.2 Å². The van der Waals surface area contributed by atoms with E-state index in [1.165, 1.54) is 0 Å². The van der Waals surface area contributed by atoms with Crippen molar-refractivity contribution in [1.29, 1.82) is 0 Å². The summed E-state index contributed by atoms with van der Waals surface area (Å²) in [6, 6.07) is 9.90. The fraction of sp³-hybridized carbons (Fsp3) is 0.435. The Morgan fingerprint density at radius 1 is 1.13 bits per heavy atom. The Morgan fingerprint density at radius 2 is 1.94 bits per heavy atom. The number of amides is 2. The molecule has 0 unspecified atom stereocenters. The zero-order valence-corrected chi connectivity index (χ0v) is 18.3. The number of benzene rings is 1. The number of carbonyl (C=O) groups excluding carboxylic acids is 2. The van der Waals surface area contributed by atoms with Gasteiger partial charge in [-0.05, 0) is 29.9 Å². The molecular formula is C23H25N3O4S. The van der Waals surface area contributed by atoms with E-state index in [1.807, 2.05) is 28.9 Å². The van der Waals surface area contributed by atoms with Crippen molar-refractivity contribution in [2.75, 3.05) is 39.4 Å². The van der Waals surface area contributed by atoms with E-state index in [1.54, 1.807) is 17.4 Å². The Labute approximate surface area is 184 Å². The monoisotopic (exact) mass is 439 g/mol. The minimum atomic E-state index is -0.129. The third-order valence-electron chi connectivity index (χ3n) is 6.14. The van der Waals surface area contributed by atoms with Crippen LogP contribution in [-0.2, 0) is 11.2 Å². The normalized spacial score (nSPS) is 19.3. The van der Waals surface area contributed by atoms with Gasteiger partial charge in [-0.15, -0.1) is 11.3 Å². The Bertz CT molecular complexity index is 1120. The zero-order valence-electron chi connectivity index (χ0n) is 17.5. The van der Waals surface area contributed by atoms with Crippen LogP contribution in [0, 0.1) is 0 Å². The smallest absolute Gasteiger partial charge is 0.292 e. The molecule has 0 saturated carbocycles. The van der Waals surface area contributed by atoms with Gasteiger partial charge in [0.25, 0.3) is 11.8 Å². The van der Waals surface area contributed by atoms with Gasteiger partial charge in [0, 0.05) is 42.9 Å². The van der Waals surface area contributed by atoms with Crippen LogP contribution in [0.15, 0.2) is 34.9 Å². The third-order valence-corrected chi connectivity index (χ3v) is 7.32. The van der Waals surface area contributed by atoms with Crippen LogP contribution in [0.3, 0.4) is 0 Å². The Morgan fingerprint density at radius 3 is 2.71 bits per heavy atom. The van der Waals surface area contributed by atoms with Crippen LogP contribution in [0.2, 0.25) is 0 Å². The van der Waals surface area contributed by atoms with Crippen molar-refractivity contribution in [2.45, 2.75) is 25.7 Å². The molecule has 0 aliphatic carbocycles. The average molecular weight is 440 g/mol. The van der Waals surface area contributed by atoms with Crippen molar-refractivity contribution in [2.24, 2.45) is 0 Å². The SMILES string of the molecule is CCc1cc(C(=O)N2CC[C@H](c3c(C(=O)N4CCOCC4)sc4ccccc34)C2)on1. The Hall–Kier alpha value is -2.71. The van der Waals surface area contributed by atoms with Gasteiger partial charge in [0.15, 0.2) is 0 Å². The van der Waals surface area contributed by atoms with Crippen molar-refractivity contribution in [3.8, 4) is 0 Å². The number of morpholine rings is 1. The molecule has 1 aromatic carbocycles. The van der Waals surface area contributed by atoms with Crippen LogP contribution >= 0.6 is 11.3 Å². The van der Waals surface area contributed by atoms with E-state index in [4.69, 9.17) is 9.26 Å². The summed E-state index contributed by atoms with van der Waals surface area (Å²) in [5.74, 6) is 0.355. The summed E-state index contributed by atoms with van der Waals surface area (Å²) >= 11 is 1.56. The highest BCUT2D eigenvalue weighted by molar-refractivity contribution is 7.21. The van der Waals surface area contributed by atoms with Gasteiger partial charge >= 0.3 is 0 Å². The number of thiophene rings is 1. The highest BCUT2D eigenvalue weighted by Gasteiger charge is 2.35. The summed E-state index contributed by atoms with van der Waals surface area (Å²) in [6.07, 6.45) is 1.55. The van der Waals surface area contributed by atoms with E-state index in [2.05, 4.69) is 17.3 Å². The summed E-state index contributed by atoms with van der Waals surface area (Å²) in [5, 5.41) is 5.07. The van der Waals surface area contributed by atoms with Gasteiger partial charge < -0.3 is 19.1 Å². The molecule has 3 aromatic rings. The van der Waals surface area contributed by atoms with Gasteiger partial charge in [-0.3, -0.25) is 9.59 Å². The Kier molecular flexibility index (Phi) is 5.50. The lowest BCUT2D eigenvalue weighted by molar-refractivity contribution is 0.0305. The third kappa shape index (κ3) is 3.74. The molecule has 0 spiro atoms. The predicted octanol–water partition coefficient (Wildman–Crippen LogP) is 3.55. The molecule has 2 aromatic heterocycles. The second kappa shape index (κ2) is 8.43. The molecule has 0 N–H and O–H groups in total. The van der Waals surface area contributed by atoms with Crippen LogP contribution in [0.4, 0.5) is 0 Å². The van der Waals surface area contributed by atoms with E-state index < -0.39 is 0 Å². The Balaban J connectivity index is 1.44. The van der Waals surface area contributed by atoms with Gasteiger partial charge in [0.1, 0.15) is 0 Å². The molecule has 1 atom stereocenters. The number of aromatic nitrogens is 1. The number of ether oxygens (including phenoxy) is 1. The summed E-state index contributed by atoms with van der Waals surface area (Å²) in [4.78, 5) is 30.8. The number of fused-ring (bicyclic) bond motifs is 1. The summed E-state index contributed by atoms with van der Waals surface area (Å²) < 4.78 is 11.8. The molecule has 2 amide bonds. The largest absolute Gasteiger partial charge is 0.378 e. The van der Waals surface area contributed by atoms with Crippen molar-refractivity contribution in [1.82, 2.24) is 15.0 Å². The number of likely N-dealkylation sites (tertiary alicyclic amines) is 1. The van der Waals surface area contributed by atoms with Gasteiger partial charge in [-0.1, -0.05) is 30.3 Å². The van der Waals surface area contributed by atoms with Gasteiger partial charge in [-0.25, -0.2) is 0 Å². The fourth-order valence-electron chi connectivity index (χ4n) is 4.46. The summed E-state index contributed by atoms with van der Waals surface area (Å²) in [5.41, 5.74) is 1.86. The highest BCUT2D eigenvalue weighted by atomic mass is 32.1. The topological polar surface area (TPSA) is 75.9 Å². The first-order valence-electron chi connectivity index (χ1n) is 10.8. The lowest BCUT2D eigenvalue weighted by atomic mass is 9.94. The first kappa shape index (κ1) is 20.2. The van der Waals surface area contributed by atoms with Crippen molar-refractivity contribution in [3.05, 3.63) is 52.2 Å². The fourth-order valence-corrected chi connectivity index (χ4v) is 5.71.